The molecule has 0 saturated carbocycles. The molecule has 0 atom stereocenters. The third kappa shape index (κ3) is 4.81. The summed E-state index contributed by atoms with van der Waals surface area (Å²) >= 11 is 5.85. The Bertz CT molecular complexity index is 878. The van der Waals surface area contributed by atoms with Crippen LogP contribution < -0.4 is 10.6 Å². The maximum absolute atomic E-state index is 12.4. The fourth-order valence-corrected chi connectivity index (χ4v) is 2.55. The molecule has 0 spiro atoms. The Labute approximate surface area is 151 Å². The summed E-state index contributed by atoms with van der Waals surface area (Å²) in [6.07, 6.45) is 3.25. The molecule has 3 aromatic rings. The number of nitrogens with one attached hydrogen (secondary N) is 2. The van der Waals surface area contributed by atoms with E-state index in [1.165, 1.54) is 11.1 Å². The molecule has 0 fully saturated rings. The number of nitrogens with zero attached hydrogens (tertiary/aromatic N) is 1. The van der Waals surface area contributed by atoms with Crippen molar-refractivity contribution >= 4 is 28.9 Å². The van der Waals surface area contributed by atoms with Crippen molar-refractivity contribution in [2.24, 2.45) is 0 Å². The summed E-state index contributed by atoms with van der Waals surface area (Å²) in [5, 5.41) is 6.75. The summed E-state index contributed by atoms with van der Waals surface area (Å²) in [5.41, 5.74) is 4.37. The highest BCUT2D eigenvalue weighted by molar-refractivity contribution is 6.30. The molecule has 5 heteroatoms. The number of hydrogen-bond acceptors (Lipinski definition) is 3. The molecule has 2 N–H and O–H groups in total. The molecule has 25 heavy (non-hydrogen) atoms. The lowest BCUT2D eigenvalue weighted by atomic mass is 10.1. The average molecular weight is 352 g/mol. The first-order valence-corrected chi connectivity index (χ1v) is 8.29. The zero-order chi connectivity index (χ0) is 17.6. The normalized spacial score (nSPS) is 10.3. The fraction of sp³-hybridized carbons (Fsp3) is 0.100. The second kappa shape index (κ2) is 7.81. The van der Waals surface area contributed by atoms with Crippen LogP contribution in [-0.4, -0.2) is 10.9 Å². The van der Waals surface area contributed by atoms with Gasteiger partial charge in [-0.3, -0.25) is 9.78 Å². The summed E-state index contributed by atoms with van der Waals surface area (Å²) in [5.74, 6) is -0.214. The van der Waals surface area contributed by atoms with Crippen molar-refractivity contribution in [1.82, 2.24) is 4.98 Å². The lowest BCUT2D eigenvalue weighted by Crippen LogP contribution is -2.12. The van der Waals surface area contributed by atoms with Crippen LogP contribution >= 0.6 is 11.6 Å². The number of amides is 1. The Kier molecular flexibility index (Phi) is 5.31. The number of carbonyl (C=O) groups excluding carboxylic acids is 1. The number of aryl methyl sites for hydroxylation is 1. The molecule has 1 amide bonds. The van der Waals surface area contributed by atoms with Gasteiger partial charge in [0.2, 0.25) is 0 Å². The van der Waals surface area contributed by atoms with Crippen LogP contribution in [0.5, 0.6) is 0 Å². The number of pyridine rings is 1. The first-order valence-electron chi connectivity index (χ1n) is 7.91. The Hall–Kier alpha value is -2.85. The highest BCUT2D eigenvalue weighted by Crippen LogP contribution is 2.16. The zero-order valence-electron chi connectivity index (χ0n) is 13.8. The molecule has 1 heterocycles. The number of aromatic nitrogens is 1. The van der Waals surface area contributed by atoms with Gasteiger partial charge in [0.15, 0.2) is 0 Å². The van der Waals surface area contributed by atoms with Gasteiger partial charge in [-0.05, 0) is 42.8 Å². The molecule has 4 nitrogen and oxygen atoms in total. The van der Waals surface area contributed by atoms with E-state index < -0.39 is 0 Å². The van der Waals surface area contributed by atoms with Crippen LogP contribution in [0.4, 0.5) is 11.4 Å². The van der Waals surface area contributed by atoms with Crippen LogP contribution in [0, 0.1) is 6.92 Å². The van der Waals surface area contributed by atoms with E-state index in [1.807, 2.05) is 6.07 Å². The van der Waals surface area contributed by atoms with E-state index in [0.717, 1.165) is 5.69 Å². The Morgan fingerprint density at radius 3 is 2.60 bits per heavy atom. The lowest BCUT2D eigenvalue weighted by molar-refractivity contribution is 0.102. The van der Waals surface area contributed by atoms with Gasteiger partial charge >= 0.3 is 0 Å². The van der Waals surface area contributed by atoms with Crippen LogP contribution in [0.1, 0.15) is 21.5 Å². The van der Waals surface area contributed by atoms with Gasteiger partial charge in [-0.25, -0.2) is 0 Å². The molecule has 0 aliphatic heterocycles. The molecule has 0 aliphatic rings. The van der Waals surface area contributed by atoms with E-state index in [0.29, 0.717) is 22.8 Å². The van der Waals surface area contributed by atoms with Gasteiger partial charge in [-0.1, -0.05) is 41.4 Å². The summed E-state index contributed by atoms with van der Waals surface area (Å²) < 4.78 is 0. The lowest BCUT2D eigenvalue weighted by Gasteiger charge is -2.09. The van der Waals surface area contributed by atoms with Crippen molar-refractivity contribution in [2.45, 2.75) is 13.5 Å². The Morgan fingerprint density at radius 1 is 1.04 bits per heavy atom. The monoisotopic (exact) mass is 351 g/mol. The van der Waals surface area contributed by atoms with E-state index in [1.54, 1.807) is 42.7 Å². The minimum Gasteiger partial charge on any atom is -0.380 e. The first-order chi connectivity index (χ1) is 12.1. The number of halogens is 1. The smallest absolute Gasteiger partial charge is 0.257 e. The van der Waals surface area contributed by atoms with Crippen LogP contribution in [0.25, 0.3) is 0 Å². The van der Waals surface area contributed by atoms with Crippen LogP contribution in [0.15, 0.2) is 67.0 Å². The first kappa shape index (κ1) is 17.0. The standard InChI is InChI=1S/C20H18ClN3O/c1-14-3-2-4-15(9-14)11-23-19-10-16(12-22-13-19)20(25)24-18-7-5-17(21)6-8-18/h2-10,12-13,23H,11H2,1H3,(H,24,25). The highest BCUT2D eigenvalue weighted by Gasteiger charge is 2.08. The van der Waals surface area contributed by atoms with Crippen LogP contribution in [0.2, 0.25) is 5.02 Å². The quantitative estimate of drug-likeness (QED) is 0.686. The Balaban J connectivity index is 1.66. The van der Waals surface area contributed by atoms with Gasteiger partial charge in [0.1, 0.15) is 0 Å². The number of hydrogen-bond donors (Lipinski definition) is 2. The molecule has 2 aromatic carbocycles. The molecule has 0 radical (unpaired) electrons. The molecular formula is C20H18ClN3O. The van der Waals surface area contributed by atoms with Gasteiger partial charge in [0, 0.05) is 29.6 Å². The average Bonchev–Trinajstić information content (AvgIpc) is 2.62. The van der Waals surface area contributed by atoms with E-state index in [2.05, 4.69) is 40.7 Å². The van der Waals surface area contributed by atoms with Gasteiger partial charge in [-0.15, -0.1) is 0 Å². The van der Waals surface area contributed by atoms with Crippen molar-refractivity contribution in [2.75, 3.05) is 10.6 Å². The molecule has 0 aliphatic carbocycles. The van der Waals surface area contributed by atoms with Gasteiger partial charge < -0.3 is 10.6 Å². The zero-order valence-corrected chi connectivity index (χ0v) is 14.5. The van der Waals surface area contributed by atoms with Crippen molar-refractivity contribution in [1.29, 1.82) is 0 Å². The molecule has 0 bridgehead atoms. The number of benzene rings is 2. The largest absolute Gasteiger partial charge is 0.380 e. The summed E-state index contributed by atoms with van der Waals surface area (Å²) in [6, 6.07) is 17.0. The van der Waals surface area contributed by atoms with Gasteiger partial charge in [-0.2, -0.15) is 0 Å². The van der Waals surface area contributed by atoms with Crippen molar-refractivity contribution in [3.05, 3.63) is 88.7 Å². The number of anilines is 2. The maximum atomic E-state index is 12.4. The second-order valence-corrected chi connectivity index (χ2v) is 6.20. The van der Waals surface area contributed by atoms with Gasteiger partial charge in [0.25, 0.3) is 5.91 Å². The number of carbonyl (C=O) groups is 1. The summed E-state index contributed by atoms with van der Waals surface area (Å²) in [6.45, 7) is 2.73. The minimum atomic E-state index is -0.214. The summed E-state index contributed by atoms with van der Waals surface area (Å²) in [4.78, 5) is 16.5. The van der Waals surface area contributed by atoms with Crippen LogP contribution in [0.3, 0.4) is 0 Å². The van der Waals surface area contributed by atoms with Crippen LogP contribution in [-0.2, 0) is 6.54 Å². The van der Waals surface area contributed by atoms with Crippen molar-refractivity contribution in [3.63, 3.8) is 0 Å². The molecule has 0 saturated heterocycles. The van der Waals surface area contributed by atoms with Gasteiger partial charge in [0.05, 0.1) is 11.3 Å². The molecular weight excluding hydrogens is 334 g/mol. The SMILES string of the molecule is Cc1cccc(CNc2cncc(C(=O)Nc3ccc(Cl)cc3)c2)c1. The third-order valence-corrected chi connectivity index (χ3v) is 3.93. The molecule has 3 rings (SSSR count). The third-order valence-electron chi connectivity index (χ3n) is 3.68. The Morgan fingerprint density at radius 2 is 1.84 bits per heavy atom. The topological polar surface area (TPSA) is 54.0 Å². The maximum Gasteiger partial charge on any atom is 0.257 e. The van der Waals surface area contributed by atoms with Crippen molar-refractivity contribution in [3.8, 4) is 0 Å². The second-order valence-electron chi connectivity index (χ2n) is 5.77. The van der Waals surface area contributed by atoms with E-state index >= 15 is 0 Å². The van der Waals surface area contributed by atoms with Crippen molar-refractivity contribution < 1.29 is 4.79 Å². The highest BCUT2D eigenvalue weighted by atomic mass is 35.5. The van der Waals surface area contributed by atoms with E-state index in [9.17, 15) is 4.79 Å². The van der Waals surface area contributed by atoms with E-state index in [-0.39, 0.29) is 5.91 Å². The molecule has 0 unspecified atom stereocenters. The minimum absolute atomic E-state index is 0.214. The molecule has 126 valence electrons. The molecule has 1 aromatic heterocycles. The predicted molar refractivity (Wildman–Crippen MR) is 102 cm³/mol. The summed E-state index contributed by atoms with van der Waals surface area (Å²) in [7, 11) is 0. The predicted octanol–water partition coefficient (Wildman–Crippen LogP) is 4.91. The number of rotatable bonds is 5. The fourth-order valence-electron chi connectivity index (χ4n) is 2.42. The van der Waals surface area contributed by atoms with E-state index in [4.69, 9.17) is 11.6 Å².